The maximum atomic E-state index is 14.1. The van der Waals surface area contributed by atoms with Gasteiger partial charge in [-0.2, -0.15) is 43.9 Å². The average molecular weight is 1410 g/mol. The van der Waals surface area contributed by atoms with Crippen LogP contribution >= 0.6 is 0 Å². The van der Waals surface area contributed by atoms with Crippen molar-refractivity contribution >= 4 is 47.8 Å². The molecule has 0 spiro atoms. The number of rotatable bonds is 31. The highest BCUT2D eigenvalue weighted by Gasteiger charge is 2.53. The minimum absolute atomic E-state index is 0.0197. The Labute approximate surface area is 562 Å². The van der Waals surface area contributed by atoms with E-state index in [9.17, 15) is 82.3 Å². The second-order valence-electron chi connectivity index (χ2n) is 25.3. The summed E-state index contributed by atoms with van der Waals surface area (Å²) < 4.78 is 174. The van der Waals surface area contributed by atoms with Crippen molar-refractivity contribution in [1.82, 2.24) is 0 Å². The third kappa shape index (κ3) is 36.7. The molecule has 0 aromatic heterocycles. The fourth-order valence-corrected chi connectivity index (χ4v) is 7.40. The van der Waals surface area contributed by atoms with Gasteiger partial charge in [-0.3, -0.25) is 14.4 Å². The molecule has 0 heterocycles. The lowest BCUT2D eigenvalue weighted by atomic mass is 9.89. The molecule has 0 aromatic rings. The van der Waals surface area contributed by atoms with Gasteiger partial charge in [-0.25, -0.2) is 24.0 Å². The molecule has 0 saturated heterocycles. The Hall–Kier alpha value is -5.80. The van der Waals surface area contributed by atoms with Crippen LogP contribution in [0, 0.1) is 16.2 Å². The molecule has 0 radical (unpaired) electrons. The molecule has 0 bridgehead atoms. The zero-order valence-corrected chi connectivity index (χ0v) is 60.4. The van der Waals surface area contributed by atoms with Crippen LogP contribution in [0.3, 0.4) is 0 Å². The van der Waals surface area contributed by atoms with Crippen LogP contribution in [0.15, 0.2) is 36.5 Å². The van der Waals surface area contributed by atoms with Crippen LogP contribution in [-0.2, 0) is 85.7 Å². The van der Waals surface area contributed by atoms with Gasteiger partial charge >= 0.3 is 72.0 Å². The van der Waals surface area contributed by atoms with Crippen molar-refractivity contribution in [3.8, 4) is 0 Å². The molecular formula is C68H112F10O18. The van der Waals surface area contributed by atoms with Gasteiger partial charge in [-0.05, 0) is 172 Å². The Morgan fingerprint density at radius 2 is 0.698 bits per heavy atom. The molecule has 2 aliphatic rings. The molecule has 18 nitrogen and oxygen atoms in total. The predicted octanol–water partition coefficient (Wildman–Crippen LogP) is 16.5. The summed E-state index contributed by atoms with van der Waals surface area (Å²) in [4.78, 5) is 91.2. The van der Waals surface area contributed by atoms with Gasteiger partial charge < -0.3 is 47.4 Å². The molecule has 2 rings (SSSR count). The minimum Gasteiger partial charge on any atom is -0.461 e. The van der Waals surface area contributed by atoms with Crippen LogP contribution in [0.2, 0.25) is 0 Å². The van der Waals surface area contributed by atoms with Crippen LogP contribution in [0.4, 0.5) is 43.9 Å². The van der Waals surface area contributed by atoms with E-state index < -0.39 is 95.3 Å². The van der Waals surface area contributed by atoms with E-state index >= 15 is 0 Å². The molecule has 4 unspecified atom stereocenters. The van der Waals surface area contributed by atoms with E-state index in [1.54, 1.807) is 48.5 Å². The molecular weight excluding hydrogens is 1290 g/mol. The van der Waals surface area contributed by atoms with Crippen LogP contribution in [-0.4, -0.2) is 148 Å². The highest BCUT2D eigenvalue weighted by atomic mass is 19.4. The number of esters is 8. The lowest BCUT2D eigenvalue weighted by molar-refractivity contribution is -0.221. The molecule has 0 amide bonds. The van der Waals surface area contributed by atoms with Gasteiger partial charge in [0.2, 0.25) is 0 Å². The van der Waals surface area contributed by atoms with Crippen molar-refractivity contribution in [2.75, 3.05) is 40.6 Å². The quantitative estimate of drug-likeness (QED) is 0.0206. The maximum absolute atomic E-state index is 14.1. The second kappa shape index (κ2) is 45.0. The largest absolute Gasteiger partial charge is 0.461 e. The SMILES string of the molecule is C=C(C)C(=O)OC(C)C(F)(F)F.C=C(C)C(=O)OC(CC)C(F)(F)C(=O)OCCCOC.C=C(C)C(=O)OC1(CC)CCCC1.CCC(C)(C)C(=O)OC(C)C(F)(F)F.CCC(OC(=O)C(C)(C)CC)C(F)(F)C(=O)OCCCOC.CCC1(OC(=O)C(C)(C)CC)CCCC1. The Bertz CT molecular complexity index is 2410. The third-order valence-electron chi connectivity index (χ3n) is 15.8. The van der Waals surface area contributed by atoms with Crippen LogP contribution < -0.4 is 0 Å². The Kier molecular flexibility index (Phi) is 45.3. The molecule has 0 N–H and O–H groups in total. The van der Waals surface area contributed by atoms with Gasteiger partial charge in [0.1, 0.15) is 11.2 Å². The Morgan fingerprint density at radius 3 is 0.990 bits per heavy atom. The molecule has 0 aromatic carbocycles. The summed E-state index contributed by atoms with van der Waals surface area (Å²) in [6.07, 6.45) is -4.12. The smallest absolute Gasteiger partial charge is 0.425 e. The molecule has 562 valence electrons. The summed E-state index contributed by atoms with van der Waals surface area (Å²) in [7, 11) is 2.90. The number of carbonyl (C=O) groups excluding carboxylic acids is 8. The zero-order chi connectivity index (χ0) is 76.1. The number of halogens is 10. The first-order valence-corrected chi connectivity index (χ1v) is 32.3. The van der Waals surface area contributed by atoms with E-state index in [0.29, 0.717) is 44.5 Å². The van der Waals surface area contributed by atoms with Gasteiger partial charge in [0.15, 0.2) is 24.4 Å². The molecule has 2 fully saturated rings. The highest BCUT2D eigenvalue weighted by Crippen LogP contribution is 2.39. The van der Waals surface area contributed by atoms with Gasteiger partial charge in [-0.15, -0.1) is 0 Å². The van der Waals surface area contributed by atoms with Crippen molar-refractivity contribution in [3.05, 3.63) is 36.5 Å². The minimum atomic E-state index is -4.51. The van der Waals surface area contributed by atoms with Gasteiger partial charge in [0.25, 0.3) is 0 Å². The van der Waals surface area contributed by atoms with Crippen molar-refractivity contribution < 1.29 is 130 Å². The van der Waals surface area contributed by atoms with E-state index in [1.165, 1.54) is 67.6 Å². The fraction of sp³-hybridized carbons (Fsp3) is 0.794. The van der Waals surface area contributed by atoms with Crippen molar-refractivity contribution in [1.29, 1.82) is 0 Å². The van der Waals surface area contributed by atoms with E-state index in [0.717, 1.165) is 58.8 Å². The molecule has 0 aliphatic heterocycles. The molecule has 2 aliphatic carbocycles. The topological polar surface area (TPSA) is 229 Å². The first-order valence-electron chi connectivity index (χ1n) is 32.3. The van der Waals surface area contributed by atoms with Gasteiger partial charge in [-0.1, -0.05) is 68.2 Å². The van der Waals surface area contributed by atoms with E-state index in [-0.39, 0.29) is 65.8 Å². The predicted molar refractivity (Wildman–Crippen MR) is 340 cm³/mol. The summed E-state index contributed by atoms with van der Waals surface area (Å²) in [5, 5.41) is 0. The van der Waals surface area contributed by atoms with E-state index in [2.05, 4.69) is 57.3 Å². The van der Waals surface area contributed by atoms with Crippen LogP contribution in [0.5, 0.6) is 0 Å². The highest BCUT2D eigenvalue weighted by molar-refractivity contribution is 5.88. The standard InChI is InChI=1S/C15H26F2O5.C13H20F2O5.C13H24O2.C11H18O2.C9H15F3O2.C7H9F3O2/c1-6-11(22-12(18)14(3,4)7-2)15(16,17)13(19)21-10-8-9-20-5;1-5-10(20-11(16)9(2)3)13(14,15)12(17)19-8-6-7-18-4;1-5-12(3,4)11(14)15-13(6-2)9-7-8-10-13;1-4-11(7-5-6-8-11)13-10(12)9(2)3;1-5-8(3,4)7(13)14-6(2)9(10,11)12;1-4(2)6(11)12-5(3)7(8,9)10/h11H,6-10H2,1-5H3;10H,2,5-8H2,1,3-4H3;5-10H2,1-4H3;2,4-8H2,1,3H3;6H,5H2,1-4H3;5H,1H2,2-3H3. The Balaban J connectivity index is -0.000000536. The molecule has 28 heteroatoms. The normalized spacial score (nSPS) is 15.5. The molecule has 2 saturated carbocycles. The summed E-state index contributed by atoms with van der Waals surface area (Å²) in [5.41, 5.74) is -1.95. The number of hydrogen-bond donors (Lipinski definition) is 0. The molecule has 96 heavy (non-hydrogen) atoms. The number of alkyl halides is 10. The first kappa shape index (κ1) is 96.6. The number of ether oxygens (including phenoxy) is 10. The fourth-order valence-electron chi connectivity index (χ4n) is 7.40. The van der Waals surface area contributed by atoms with E-state index in [1.807, 2.05) is 20.8 Å². The van der Waals surface area contributed by atoms with Crippen molar-refractivity contribution in [2.45, 2.75) is 294 Å². The van der Waals surface area contributed by atoms with Crippen molar-refractivity contribution in [3.63, 3.8) is 0 Å². The van der Waals surface area contributed by atoms with E-state index in [4.69, 9.17) is 23.7 Å². The number of carbonyl (C=O) groups is 8. The first-order chi connectivity index (χ1) is 43.8. The van der Waals surface area contributed by atoms with Gasteiger partial charge in [0.05, 0.1) is 29.5 Å². The van der Waals surface area contributed by atoms with Gasteiger partial charge in [0, 0.05) is 57.0 Å². The molecule has 4 atom stereocenters. The zero-order valence-electron chi connectivity index (χ0n) is 60.4. The summed E-state index contributed by atoms with van der Waals surface area (Å²) >= 11 is 0. The Morgan fingerprint density at radius 1 is 0.406 bits per heavy atom. The van der Waals surface area contributed by atoms with Crippen LogP contribution in [0.25, 0.3) is 0 Å². The average Bonchev–Trinajstić information content (AvgIpc) is 1.12. The number of hydrogen-bond acceptors (Lipinski definition) is 18. The monoisotopic (exact) mass is 1410 g/mol. The lowest BCUT2D eigenvalue weighted by Crippen LogP contribution is -2.46. The second-order valence-corrected chi connectivity index (χ2v) is 25.3. The summed E-state index contributed by atoms with van der Waals surface area (Å²) in [5.74, 6) is -15.0. The summed E-state index contributed by atoms with van der Waals surface area (Å²) in [6.45, 7) is 38.9. The number of methoxy groups -OCH3 is 2. The summed E-state index contributed by atoms with van der Waals surface area (Å²) in [6, 6.07) is 0. The van der Waals surface area contributed by atoms with Crippen molar-refractivity contribution in [2.24, 2.45) is 16.2 Å². The maximum Gasteiger partial charge on any atom is 0.425 e. The van der Waals surface area contributed by atoms with Crippen LogP contribution in [0.1, 0.15) is 234 Å². The third-order valence-corrected chi connectivity index (χ3v) is 15.8. The lowest BCUT2D eigenvalue weighted by Gasteiger charge is -2.32.